The Hall–Kier alpha value is -2.11. The summed E-state index contributed by atoms with van der Waals surface area (Å²) >= 11 is 0. The molecule has 0 unspecified atom stereocenters. The fourth-order valence-corrected chi connectivity index (χ4v) is 2.07. The molecule has 2 N–H and O–H groups in total. The highest BCUT2D eigenvalue weighted by molar-refractivity contribution is 5.46. The molecule has 0 saturated heterocycles. The summed E-state index contributed by atoms with van der Waals surface area (Å²) in [5, 5.41) is 10.3. The van der Waals surface area contributed by atoms with Crippen molar-refractivity contribution in [1.29, 1.82) is 0 Å². The number of H-pyrrole nitrogens is 1. The quantitative estimate of drug-likeness (QED) is 0.853. The van der Waals surface area contributed by atoms with E-state index < -0.39 is 0 Å². The van der Waals surface area contributed by atoms with Crippen LogP contribution in [0.4, 0.5) is 11.8 Å². The van der Waals surface area contributed by atoms with Crippen LogP contribution in [0.1, 0.15) is 24.6 Å². The highest BCUT2D eigenvalue weighted by Crippen LogP contribution is 2.25. The minimum Gasteiger partial charge on any atom is -0.354 e. The fraction of sp³-hybridized carbons (Fsp3) is 0.417. The van der Waals surface area contributed by atoms with Crippen LogP contribution in [0.15, 0.2) is 18.5 Å². The van der Waals surface area contributed by atoms with Gasteiger partial charge in [0, 0.05) is 24.8 Å². The zero-order valence-corrected chi connectivity index (χ0v) is 10.3. The van der Waals surface area contributed by atoms with E-state index in [4.69, 9.17) is 0 Å². The van der Waals surface area contributed by atoms with E-state index in [1.54, 1.807) is 6.20 Å². The molecule has 94 valence electrons. The molecular weight excluding hydrogens is 228 g/mol. The van der Waals surface area contributed by atoms with Crippen molar-refractivity contribution in [2.45, 2.75) is 26.4 Å². The lowest BCUT2D eigenvalue weighted by Crippen LogP contribution is -2.17. The monoisotopic (exact) mass is 244 g/mol. The Balaban J connectivity index is 1.75. The van der Waals surface area contributed by atoms with Crippen LogP contribution in [0, 0.1) is 0 Å². The molecule has 1 aliphatic rings. The van der Waals surface area contributed by atoms with Crippen LogP contribution in [0.2, 0.25) is 0 Å². The van der Waals surface area contributed by atoms with E-state index >= 15 is 0 Å². The number of nitrogens with zero attached hydrogens (tertiary/aromatic N) is 4. The Morgan fingerprint density at radius 3 is 3.22 bits per heavy atom. The number of anilines is 2. The minimum atomic E-state index is 0.697. The fourth-order valence-electron chi connectivity index (χ4n) is 2.07. The second kappa shape index (κ2) is 4.64. The zero-order chi connectivity index (χ0) is 12.4. The molecule has 2 aromatic rings. The second-order valence-electron chi connectivity index (χ2n) is 4.40. The molecule has 3 heterocycles. The van der Waals surface area contributed by atoms with Gasteiger partial charge in [-0.15, -0.1) is 0 Å². The summed E-state index contributed by atoms with van der Waals surface area (Å²) in [4.78, 5) is 11.0. The third-order valence-electron chi connectivity index (χ3n) is 3.02. The van der Waals surface area contributed by atoms with Crippen molar-refractivity contribution in [3.63, 3.8) is 0 Å². The smallest absolute Gasteiger partial charge is 0.224 e. The van der Waals surface area contributed by atoms with E-state index in [0.29, 0.717) is 5.95 Å². The number of aromatic nitrogens is 4. The van der Waals surface area contributed by atoms with Gasteiger partial charge in [0.2, 0.25) is 5.95 Å². The Morgan fingerprint density at radius 1 is 1.44 bits per heavy atom. The molecule has 0 saturated carbocycles. The normalized spacial score (nSPS) is 13.7. The van der Waals surface area contributed by atoms with Gasteiger partial charge in [-0.3, -0.25) is 5.10 Å². The number of aromatic amines is 1. The van der Waals surface area contributed by atoms with E-state index in [2.05, 4.69) is 37.3 Å². The minimum absolute atomic E-state index is 0.697. The van der Waals surface area contributed by atoms with Crippen LogP contribution in [-0.4, -0.2) is 26.7 Å². The SMILES string of the molecule is CCCNc1nccc(N2Cc3cn[nH]c3C2)n1. The maximum atomic E-state index is 4.52. The lowest BCUT2D eigenvalue weighted by atomic mass is 10.3. The molecule has 3 rings (SSSR count). The second-order valence-corrected chi connectivity index (χ2v) is 4.40. The van der Waals surface area contributed by atoms with Gasteiger partial charge in [0.05, 0.1) is 18.4 Å². The predicted molar refractivity (Wildman–Crippen MR) is 69.3 cm³/mol. The van der Waals surface area contributed by atoms with Crippen molar-refractivity contribution in [3.8, 4) is 0 Å². The summed E-state index contributed by atoms with van der Waals surface area (Å²) in [6, 6.07) is 1.94. The summed E-state index contributed by atoms with van der Waals surface area (Å²) in [5.41, 5.74) is 2.42. The van der Waals surface area contributed by atoms with Crippen molar-refractivity contribution >= 4 is 11.8 Å². The van der Waals surface area contributed by atoms with Gasteiger partial charge in [-0.05, 0) is 12.5 Å². The van der Waals surface area contributed by atoms with Crippen LogP contribution in [0.3, 0.4) is 0 Å². The molecule has 0 amide bonds. The molecule has 0 fully saturated rings. The third kappa shape index (κ3) is 2.01. The van der Waals surface area contributed by atoms with Crippen LogP contribution in [0.25, 0.3) is 0 Å². The molecule has 0 aromatic carbocycles. The zero-order valence-electron chi connectivity index (χ0n) is 10.3. The van der Waals surface area contributed by atoms with Crippen LogP contribution < -0.4 is 10.2 Å². The molecule has 6 heteroatoms. The first-order chi connectivity index (χ1) is 8.86. The number of nitrogens with one attached hydrogen (secondary N) is 2. The predicted octanol–water partition coefficient (Wildman–Crippen LogP) is 1.54. The van der Waals surface area contributed by atoms with E-state index in [0.717, 1.165) is 31.9 Å². The van der Waals surface area contributed by atoms with E-state index in [1.165, 1.54) is 11.3 Å². The van der Waals surface area contributed by atoms with Crippen molar-refractivity contribution in [1.82, 2.24) is 20.2 Å². The van der Waals surface area contributed by atoms with Crippen LogP contribution >= 0.6 is 0 Å². The standard InChI is InChI=1S/C12H16N6/c1-2-4-13-12-14-5-3-11(16-12)18-7-9-6-15-17-10(9)8-18/h3,5-6H,2,4,7-8H2,1H3,(H,15,17)(H,13,14,16). The summed E-state index contributed by atoms with van der Waals surface area (Å²) < 4.78 is 0. The summed E-state index contributed by atoms with van der Waals surface area (Å²) in [5.74, 6) is 1.65. The first-order valence-electron chi connectivity index (χ1n) is 6.20. The van der Waals surface area contributed by atoms with Gasteiger partial charge in [0.15, 0.2) is 0 Å². The molecule has 0 radical (unpaired) electrons. The van der Waals surface area contributed by atoms with Crippen LogP contribution in [0.5, 0.6) is 0 Å². The Labute approximate surface area is 105 Å². The number of hydrogen-bond acceptors (Lipinski definition) is 5. The maximum Gasteiger partial charge on any atom is 0.224 e. The maximum absolute atomic E-state index is 4.52. The Bertz CT molecular complexity index is 514. The van der Waals surface area contributed by atoms with Gasteiger partial charge < -0.3 is 10.2 Å². The average molecular weight is 244 g/mol. The number of hydrogen-bond donors (Lipinski definition) is 2. The number of fused-ring (bicyclic) bond motifs is 1. The van der Waals surface area contributed by atoms with Gasteiger partial charge >= 0.3 is 0 Å². The summed E-state index contributed by atoms with van der Waals surface area (Å²) in [6.07, 6.45) is 4.74. The molecule has 0 spiro atoms. The molecular formula is C12H16N6. The van der Waals surface area contributed by atoms with E-state index in [-0.39, 0.29) is 0 Å². The van der Waals surface area contributed by atoms with Gasteiger partial charge in [-0.25, -0.2) is 4.98 Å². The molecule has 0 bridgehead atoms. The van der Waals surface area contributed by atoms with Gasteiger partial charge in [0.1, 0.15) is 5.82 Å². The van der Waals surface area contributed by atoms with Gasteiger partial charge in [-0.2, -0.15) is 10.1 Å². The molecule has 2 aromatic heterocycles. The molecule has 1 aliphatic heterocycles. The Morgan fingerprint density at radius 2 is 2.39 bits per heavy atom. The summed E-state index contributed by atoms with van der Waals surface area (Å²) in [6.45, 7) is 4.71. The third-order valence-corrected chi connectivity index (χ3v) is 3.02. The summed E-state index contributed by atoms with van der Waals surface area (Å²) in [7, 11) is 0. The van der Waals surface area contributed by atoms with Crippen molar-refractivity contribution in [2.75, 3.05) is 16.8 Å². The highest BCUT2D eigenvalue weighted by atomic mass is 15.3. The van der Waals surface area contributed by atoms with Crippen molar-refractivity contribution < 1.29 is 0 Å². The van der Waals surface area contributed by atoms with Gasteiger partial charge in [0.25, 0.3) is 0 Å². The van der Waals surface area contributed by atoms with Crippen molar-refractivity contribution in [3.05, 3.63) is 29.7 Å². The van der Waals surface area contributed by atoms with E-state index in [1.807, 2.05) is 12.3 Å². The molecule has 18 heavy (non-hydrogen) atoms. The van der Waals surface area contributed by atoms with Crippen molar-refractivity contribution in [2.24, 2.45) is 0 Å². The van der Waals surface area contributed by atoms with Crippen LogP contribution in [-0.2, 0) is 13.1 Å². The lowest BCUT2D eigenvalue weighted by Gasteiger charge is -2.16. The highest BCUT2D eigenvalue weighted by Gasteiger charge is 2.21. The van der Waals surface area contributed by atoms with Gasteiger partial charge in [-0.1, -0.05) is 6.92 Å². The topological polar surface area (TPSA) is 69.7 Å². The first kappa shape index (κ1) is 11.0. The Kier molecular flexibility index (Phi) is 2.84. The number of rotatable bonds is 4. The molecule has 6 nitrogen and oxygen atoms in total. The van der Waals surface area contributed by atoms with E-state index in [9.17, 15) is 0 Å². The molecule has 0 atom stereocenters. The average Bonchev–Trinajstić information content (AvgIpc) is 2.97. The first-order valence-corrected chi connectivity index (χ1v) is 6.20. The lowest BCUT2D eigenvalue weighted by molar-refractivity contribution is 0.820. The largest absolute Gasteiger partial charge is 0.354 e. The molecule has 0 aliphatic carbocycles.